The Bertz CT molecular complexity index is 432. The van der Waals surface area contributed by atoms with Crippen molar-refractivity contribution < 1.29 is 0 Å². The second-order valence-electron chi connectivity index (χ2n) is 3.44. The minimum atomic E-state index is 0.924. The summed E-state index contributed by atoms with van der Waals surface area (Å²) in [6.45, 7) is 7.22. The molecule has 2 aromatic rings. The van der Waals surface area contributed by atoms with E-state index < -0.39 is 0 Å². The van der Waals surface area contributed by atoms with E-state index in [-0.39, 0.29) is 0 Å². The van der Waals surface area contributed by atoms with Crippen LogP contribution in [0.5, 0.6) is 0 Å². The third-order valence-electron chi connectivity index (χ3n) is 2.12. The van der Waals surface area contributed by atoms with Crippen molar-refractivity contribution in [2.75, 3.05) is 0 Å². The van der Waals surface area contributed by atoms with Crippen molar-refractivity contribution in [3.63, 3.8) is 0 Å². The molecule has 0 amide bonds. The van der Waals surface area contributed by atoms with E-state index in [4.69, 9.17) is 0 Å². The smallest absolute Gasteiger partial charge is 0.0623 e. The van der Waals surface area contributed by atoms with Crippen LogP contribution in [0.3, 0.4) is 0 Å². The maximum Gasteiger partial charge on any atom is 0.0623 e. The normalized spacial score (nSPS) is 8.71. The maximum absolute atomic E-state index is 3.98. The van der Waals surface area contributed by atoms with Crippen LogP contribution in [0.15, 0.2) is 74.0 Å². The molecule has 0 bridgehead atoms. The molecular formula is C16H17N. The molecule has 0 aliphatic carbocycles. The Hall–Kier alpha value is -2.15. The molecule has 0 radical (unpaired) electrons. The van der Waals surface area contributed by atoms with Gasteiger partial charge in [-0.3, -0.25) is 4.98 Å². The summed E-state index contributed by atoms with van der Waals surface area (Å²) >= 11 is 0. The number of benzene rings is 1. The minimum Gasteiger partial charge on any atom is -0.257 e. The SMILES string of the molecule is C=CCc1ccccc1.C=Cc1ccccn1. The van der Waals surface area contributed by atoms with Gasteiger partial charge in [0.2, 0.25) is 0 Å². The summed E-state index contributed by atoms with van der Waals surface area (Å²) in [5.74, 6) is 0. The minimum absolute atomic E-state index is 0.924. The maximum atomic E-state index is 3.98. The quantitative estimate of drug-likeness (QED) is 0.713. The summed E-state index contributed by atoms with van der Waals surface area (Å²) in [7, 11) is 0. The van der Waals surface area contributed by atoms with E-state index in [1.807, 2.05) is 42.5 Å². The molecule has 1 aromatic heterocycles. The Labute approximate surface area is 103 Å². The Morgan fingerprint density at radius 1 is 0.941 bits per heavy atom. The van der Waals surface area contributed by atoms with Crippen LogP contribution in [-0.4, -0.2) is 4.98 Å². The predicted octanol–water partition coefficient (Wildman–Crippen LogP) is 4.14. The van der Waals surface area contributed by atoms with Gasteiger partial charge in [-0.2, -0.15) is 0 Å². The van der Waals surface area contributed by atoms with Crippen molar-refractivity contribution in [3.8, 4) is 0 Å². The standard InChI is InChI=1S/C9H10.C7H7N/c1-2-6-9-7-4-3-5-8-9;1-2-7-5-3-4-6-8-7/h2-5,7-8H,1,6H2;2-6H,1H2. The molecule has 17 heavy (non-hydrogen) atoms. The van der Waals surface area contributed by atoms with Crippen LogP contribution in [-0.2, 0) is 6.42 Å². The van der Waals surface area contributed by atoms with Gasteiger partial charge in [0.1, 0.15) is 0 Å². The monoisotopic (exact) mass is 223 g/mol. The van der Waals surface area contributed by atoms with E-state index >= 15 is 0 Å². The van der Waals surface area contributed by atoms with Crippen LogP contribution >= 0.6 is 0 Å². The molecule has 0 atom stereocenters. The molecule has 1 nitrogen and oxygen atoms in total. The van der Waals surface area contributed by atoms with Crippen LogP contribution < -0.4 is 0 Å². The summed E-state index contributed by atoms with van der Waals surface area (Å²) in [6.07, 6.45) is 6.35. The van der Waals surface area contributed by atoms with Gasteiger partial charge in [-0.15, -0.1) is 6.58 Å². The van der Waals surface area contributed by atoms with Gasteiger partial charge in [0.05, 0.1) is 5.69 Å². The molecule has 0 saturated carbocycles. The molecule has 0 spiro atoms. The number of allylic oxidation sites excluding steroid dienone is 1. The van der Waals surface area contributed by atoms with Gasteiger partial charge in [-0.1, -0.05) is 49.1 Å². The fourth-order valence-corrected chi connectivity index (χ4v) is 1.28. The third kappa shape index (κ3) is 5.47. The van der Waals surface area contributed by atoms with E-state index in [2.05, 4.69) is 30.3 Å². The lowest BCUT2D eigenvalue weighted by atomic mass is 10.2. The number of pyridine rings is 1. The summed E-state index contributed by atoms with van der Waals surface area (Å²) in [5.41, 5.74) is 2.25. The zero-order chi connectivity index (χ0) is 12.3. The Kier molecular flexibility index (Phi) is 6.12. The first-order valence-electron chi connectivity index (χ1n) is 5.55. The van der Waals surface area contributed by atoms with E-state index in [0.29, 0.717) is 0 Å². The summed E-state index contributed by atoms with van der Waals surface area (Å²) < 4.78 is 0. The summed E-state index contributed by atoms with van der Waals surface area (Å²) in [4.78, 5) is 3.98. The first-order valence-corrected chi connectivity index (χ1v) is 5.55. The Morgan fingerprint density at radius 2 is 1.65 bits per heavy atom. The lowest BCUT2D eigenvalue weighted by molar-refractivity contribution is 1.28. The van der Waals surface area contributed by atoms with Crippen molar-refractivity contribution in [3.05, 3.63) is 85.2 Å². The highest BCUT2D eigenvalue weighted by Gasteiger charge is 1.82. The molecule has 1 aromatic carbocycles. The molecule has 0 N–H and O–H groups in total. The predicted molar refractivity (Wildman–Crippen MR) is 74.7 cm³/mol. The zero-order valence-electron chi connectivity index (χ0n) is 9.92. The van der Waals surface area contributed by atoms with Crippen molar-refractivity contribution in [1.82, 2.24) is 4.98 Å². The van der Waals surface area contributed by atoms with Crippen molar-refractivity contribution in [2.45, 2.75) is 6.42 Å². The van der Waals surface area contributed by atoms with Crippen LogP contribution in [0.25, 0.3) is 6.08 Å². The molecule has 0 aliphatic rings. The lowest BCUT2D eigenvalue weighted by Crippen LogP contribution is -1.75. The van der Waals surface area contributed by atoms with E-state index in [1.54, 1.807) is 12.3 Å². The third-order valence-corrected chi connectivity index (χ3v) is 2.12. The first kappa shape index (κ1) is 12.9. The number of aromatic nitrogens is 1. The van der Waals surface area contributed by atoms with Crippen LogP contribution in [0.4, 0.5) is 0 Å². The van der Waals surface area contributed by atoms with Gasteiger partial charge in [0.15, 0.2) is 0 Å². The fourth-order valence-electron chi connectivity index (χ4n) is 1.28. The molecule has 1 heterocycles. The number of hydrogen-bond acceptors (Lipinski definition) is 1. The van der Waals surface area contributed by atoms with Gasteiger partial charge in [-0.05, 0) is 30.2 Å². The molecule has 86 valence electrons. The number of rotatable bonds is 3. The van der Waals surface area contributed by atoms with E-state index in [9.17, 15) is 0 Å². The van der Waals surface area contributed by atoms with E-state index in [1.165, 1.54) is 5.56 Å². The average Bonchev–Trinajstić information content (AvgIpc) is 2.42. The van der Waals surface area contributed by atoms with Crippen molar-refractivity contribution >= 4 is 6.08 Å². The first-order chi connectivity index (χ1) is 8.36. The van der Waals surface area contributed by atoms with Crippen molar-refractivity contribution in [1.29, 1.82) is 0 Å². The van der Waals surface area contributed by atoms with Crippen LogP contribution in [0.1, 0.15) is 11.3 Å². The Balaban J connectivity index is 0.000000171. The van der Waals surface area contributed by atoms with Gasteiger partial charge >= 0.3 is 0 Å². The topological polar surface area (TPSA) is 12.9 Å². The highest BCUT2D eigenvalue weighted by molar-refractivity contribution is 5.40. The van der Waals surface area contributed by atoms with Gasteiger partial charge in [0.25, 0.3) is 0 Å². The Morgan fingerprint density at radius 3 is 2.12 bits per heavy atom. The molecule has 2 rings (SSSR count). The highest BCUT2D eigenvalue weighted by atomic mass is 14.6. The molecule has 0 aliphatic heterocycles. The largest absolute Gasteiger partial charge is 0.257 e. The average molecular weight is 223 g/mol. The second-order valence-corrected chi connectivity index (χ2v) is 3.44. The number of hydrogen-bond donors (Lipinski definition) is 0. The van der Waals surface area contributed by atoms with Gasteiger partial charge < -0.3 is 0 Å². The molecule has 0 saturated heterocycles. The fraction of sp³-hybridized carbons (Fsp3) is 0.0625. The molecule has 1 heteroatoms. The van der Waals surface area contributed by atoms with E-state index in [0.717, 1.165) is 12.1 Å². The number of nitrogens with zero attached hydrogens (tertiary/aromatic N) is 1. The lowest BCUT2D eigenvalue weighted by Gasteiger charge is -1.91. The molecular weight excluding hydrogens is 206 g/mol. The van der Waals surface area contributed by atoms with Crippen LogP contribution in [0, 0.1) is 0 Å². The molecule has 0 fully saturated rings. The van der Waals surface area contributed by atoms with Crippen LogP contribution in [0.2, 0.25) is 0 Å². The second kappa shape index (κ2) is 8.05. The zero-order valence-corrected chi connectivity index (χ0v) is 9.92. The molecule has 0 unspecified atom stereocenters. The van der Waals surface area contributed by atoms with Gasteiger partial charge in [0, 0.05) is 6.20 Å². The summed E-state index contributed by atoms with van der Waals surface area (Å²) in [5, 5.41) is 0. The highest BCUT2D eigenvalue weighted by Crippen LogP contribution is 1.98. The van der Waals surface area contributed by atoms with Crippen molar-refractivity contribution in [2.24, 2.45) is 0 Å². The van der Waals surface area contributed by atoms with Gasteiger partial charge in [-0.25, -0.2) is 0 Å². The summed E-state index contributed by atoms with van der Waals surface area (Å²) in [6, 6.07) is 16.0.